The monoisotopic (exact) mass is 287 g/mol. The second-order valence-electron chi connectivity index (χ2n) is 6.02. The van der Waals surface area contributed by atoms with Crippen molar-refractivity contribution in [2.24, 2.45) is 0 Å². The van der Waals surface area contributed by atoms with E-state index < -0.39 is 5.97 Å². The van der Waals surface area contributed by atoms with Crippen LogP contribution in [-0.4, -0.2) is 17.7 Å². The Morgan fingerprint density at radius 1 is 1.24 bits per heavy atom. The first-order valence-electron chi connectivity index (χ1n) is 7.09. The number of aromatic nitrogens is 1. The van der Waals surface area contributed by atoms with Gasteiger partial charge in [-0.2, -0.15) is 0 Å². The van der Waals surface area contributed by atoms with Crippen molar-refractivity contribution in [3.63, 3.8) is 0 Å². The molecule has 0 saturated carbocycles. The van der Waals surface area contributed by atoms with Gasteiger partial charge in [-0.15, -0.1) is 0 Å². The number of esters is 1. The van der Waals surface area contributed by atoms with Gasteiger partial charge < -0.3 is 9.26 Å². The molecule has 112 valence electrons. The molecule has 0 aliphatic rings. The zero-order valence-corrected chi connectivity index (χ0v) is 13.2. The summed E-state index contributed by atoms with van der Waals surface area (Å²) in [5.41, 5.74) is 3.08. The van der Waals surface area contributed by atoms with E-state index in [0.29, 0.717) is 23.6 Å². The lowest BCUT2D eigenvalue weighted by molar-refractivity contribution is 0.0526. The quantitative estimate of drug-likeness (QED) is 0.797. The van der Waals surface area contributed by atoms with E-state index in [0.717, 1.165) is 5.56 Å². The second kappa shape index (κ2) is 5.72. The van der Waals surface area contributed by atoms with E-state index in [1.54, 1.807) is 13.8 Å². The smallest absolute Gasteiger partial charge is 0.344 e. The SMILES string of the molecule is CCOC(=O)c1c(C)noc1-c1ccc(C(C)(C)C)cc1. The molecule has 4 heteroatoms. The number of carbonyl (C=O) groups excluding carboxylic acids is 1. The van der Waals surface area contributed by atoms with Crippen molar-refractivity contribution in [3.8, 4) is 11.3 Å². The Morgan fingerprint density at radius 3 is 2.38 bits per heavy atom. The molecule has 0 aliphatic heterocycles. The fraction of sp³-hybridized carbons (Fsp3) is 0.412. The molecule has 1 aromatic heterocycles. The Balaban J connectivity index is 2.41. The van der Waals surface area contributed by atoms with E-state index >= 15 is 0 Å². The Labute approximate surface area is 125 Å². The highest BCUT2D eigenvalue weighted by Crippen LogP contribution is 2.29. The fourth-order valence-corrected chi connectivity index (χ4v) is 2.13. The molecular formula is C17H21NO3. The van der Waals surface area contributed by atoms with Gasteiger partial charge in [0.25, 0.3) is 0 Å². The molecule has 0 aliphatic carbocycles. The molecule has 4 nitrogen and oxygen atoms in total. The third kappa shape index (κ3) is 3.15. The number of carbonyl (C=O) groups is 1. The average molecular weight is 287 g/mol. The largest absolute Gasteiger partial charge is 0.462 e. The molecule has 2 rings (SSSR count). The molecule has 0 saturated heterocycles. The molecule has 1 heterocycles. The van der Waals surface area contributed by atoms with Crippen LogP contribution in [0.1, 0.15) is 49.3 Å². The molecule has 0 N–H and O–H groups in total. The summed E-state index contributed by atoms with van der Waals surface area (Å²) in [4.78, 5) is 12.0. The van der Waals surface area contributed by atoms with Crippen LogP contribution in [0.2, 0.25) is 0 Å². The molecule has 0 spiro atoms. The number of ether oxygens (including phenoxy) is 1. The number of hydrogen-bond acceptors (Lipinski definition) is 4. The molecule has 2 aromatic rings. The van der Waals surface area contributed by atoms with Crippen LogP contribution in [0, 0.1) is 6.92 Å². The fourth-order valence-electron chi connectivity index (χ4n) is 2.13. The maximum atomic E-state index is 12.0. The lowest BCUT2D eigenvalue weighted by atomic mass is 9.86. The van der Waals surface area contributed by atoms with E-state index in [1.165, 1.54) is 5.56 Å². The Kier molecular flexibility index (Phi) is 4.16. The van der Waals surface area contributed by atoms with Crippen LogP contribution in [-0.2, 0) is 10.2 Å². The highest BCUT2D eigenvalue weighted by atomic mass is 16.5. The first-order valence-corrected chi connectivity index (χ1v) is 7.09. The van der Waals surface area contributed by atoms with Gasteiger partial charge in [0, 0.05) is 5.56 Å². The first-order chi connectivity index (χ1) is 9.84. The third-order valence-corrected chi connectivity index (χ3v) is 3.36. The van der Waals surface area contributed by atoms with Crippen LogP contribution in [0.4, 0.5) is 0 Å². The second-order valence-corrected chi connectivity index (χ2v) is 6.02. The molecule has 0 unspecified atom stereocenters. The third-order valence-electron chi connectivity index (χ3n) is 3.36. The minimum atomic E-state index is -0.397. The number of nitrogens with zero attached hydrogens (tertiary/aromatic N) is 1. The highest BCUT2D eigenvalue weighted by molar-refractivity contribution is 5.96. The van der Waals surface area contributed by atoms with Crippen molar-refractivity contribution in [2.75, 3.05) is 6.61 Å². The number of aryl methyl sites for hydroxylation is 1. The molecule has 21 heavy (non-hydrogen) atoms. The van der Waals surface area contributed by atoms with Crippen molar-refractivity contribution < 1.29 is 14.1 Å². The van der Waals surface area contributed by atoms with Gasteiger partial charge in [-0.05, 0) is 24.8 Å². The minimum absolute atomic E-state index is 0.0832. The lowest BCUT2D eigenvalue weighted by Crippen LogP contribution is -2.10. The minimum Gasteiger partial charge on any atom is -0.462 e. The van der Waals surface area contributed by atoms with Crippen molar-refractivity contribution in [2.45, 2.75) is 40.0 Å². The first kappa shape index (κ1) is 15.3. The number of hydrogen-bond donors (Lipinski definition) is 0. The van der Waals surface area contributed by atoms with Gasteiger partial charge in [0.15, 0.2) is 5.76 Å². The highest BCUT2D eigenvalue weighted by Gasteiger charge is 2.23. The molecule has 0 amide bonds. The predicted octanol–water partition coefficient (Wildman–Crippen LogP) is 4.12. The van der Waals surface area contributed by atoms with Crippen molar-refractivity contribution in [3.05, 3.63) is 41.1 Å². The van der Waals surface area contributed by atoms with E-state index in [1.807, 2.05) is 24.3 Å². The zero-order valence-electron chi connectivity index (χ0n) is 13.2. The molecule has 0 atom stereocenters. The van der Waals surface area contributed by atoms with Gasteiger partial charge in [0.05, 0.1) is 12.3 Å². The van der Waals surface area contributed by atoms with Gasteiger partial charge in [-0.1, -0.05) is 50.2 Å². The van der Waals surface area contributed by atoms with Crippen molar-refractivity contribution >= 4 is 5.97 Å². The Bertz CT molecular complexity index is 633. The van der Waals surface area contributed by atoms with Gasteiger partial charge in [0.1, 0.15) is 5.56 Å². The van der Waals surface area contributed by atoms with Gasteiger partial charge >= 0.3 is 5.97 Å². The Morgan fingerprint density at radius 2 is 1.86 bits per heavy atom. The topological polar surface area (TPSA) is 52.3 Å². The van der Waals surface area contributed by atoms with Gasteiger partial charge in [0.2, 0.25) is 0 Å². The van der Waals surface area contributed by atoms with E-state index in [2.05, 4.69) is 25.9 Å². The maximum Gasteiger partial charge on any atom is 0.344 e. The normalized spacial score (nSPS) is 11.5. The summed E-state index contributed by atoms with van der Waals surface area (Å²) in [6.45, 7) is 10.3. The Hall–Kier alpha value is -2.10. The molecule has 0 bridgehead atoms. The lowest BCUT2D eigenvalue weighted by Gasteiger charge is -2.18. The molecule has 1 aromatic carbocycles. The summed E-state index contributed by atoms with van der Waals surface area (Å²) >= 11 is 0. The molecule has 0 radical (unpaired) electrons. The van der Waals surface area contributed by atoms with Crippen molar-refractivity contribution in [1.82, 2.24) is 5.16 Å². The standard InChI is InChI=1S/C17H21NO3/c1-6-20-16(19)14-11(2)18-21-15(14)12-7-9-13(10-8-12)17(3,4)5/h7-10H,6H2,1-5H3. The summed E-state index contributed by atoms with van der Waals surface area (Å²) in [5, 5.41) is 3.89. The van der Waals surface area contributed by atoms with Crippen LogP contribution in [0.5, 0.6) is 0 Å². The van der Waals surface area contributed by atoms with Gasteiger partial charge in [-0.25, -0.2) is 4.79 Å². The number of benzene rings is 1. The summed E-state index contributed by atoms with van der Waals surface area (Å²) in [6.07, 6.45) is 0. The average Bonchev–Trinajstić information content (AvgIpc) is 2.80. The maximum absolute atomic E-state index is 12.0. The van der Waals surface area contributed by atoms with Crippen molar-refractivity contribution in [1.29, 1.82) is 0 Å². The van der Waals surface area contributed by atoms with Gasteiger partial charge in [-0.3, -0.25) is 0 Å². The van der Waals surface area contributed by atoms with Crippen LogP contribution < -0.4 is 0 Å². The zero-order chi connectivity index (χ0) is 15.6. The van der Waals surface area contributed by atoms with E-state index in [9.17, 15) is 4.79 Å². The predicted molar refractivity (Wildman–Crippen MR) is 81.3 cm³/mol. The summed E-state index contributed by atoms with van der Waals surface area (Å²) in [5.74, 6) is 0.0672. The van der Waals surface area contributed by atoms with Crippen LogP contribution in [0.25, 0.3) is 11.3 Å². The van der Waals surface area contributed by atoms with Crippen LogP contribution >= 0.6 is 0 Å². The summed E-state index contributed by atoms with van der Waals surface area (Å²) in [6, 6.07) is 7.98. The molecule has 0 fully saturated rings. The molecular weight excluding hydrogens is 266 g/mol. The van der Waals surface area contributed by atoms with Crippen LogP contribution in [0.3, 0.4) is 0 Å². The number of rotatable bonds is 3. The van der Waals surface area contributed by atoms with E-state index in [4.69, 9.17) is 9.26 Å². The summed E-state index contributed by atoms with van der Waals surface area (Å²) < 4.78 is 10.4. The summed E-state index contributed by atoms with van der Waals surface area (Å²) in [7, 11) is 0. The van der Waals surface area contributed by atoms with E-state index in [-0.39, 0.29) is 5.41 Å². The van der Waals surface area contributed by atoms with Crippen LogP contribution in [0.15, 0.2) is 28.8 Å².